The van der Waals surface area contributed by atoms with Gasteiger partial charge >= 0.3 is 0 Å². The Balaban J connectivity index is 1.58. The number of nitrogens with zero attached hydrogens (tertiary/aromatic N) is 4. The summed E-state index contributed by atoms with van der Waals surface area (Å²) in [6.07, 6.45) is 0. The summed E-state index contributed by atoms with van der Waals surface area (Å²) in [6.45, 7) is 4.74. The van der Waals surface area contributed by atoms with Crippen molar-refractivity contribution in [2.24, 2.45) is 0 Å². The third-order valence-corrected chi connectivity index (χ3v) is 4.66. The second-order valence-electron chi connectivity index (χ2n) is 4.96. The van der Waals surface area contributed by atoms with E-state index in [-0.39, 0.29) is 0 Å². The summed E-state index contributed by atoms with van der Waals surface area (Å²) in [6, 6.07) is 8.20. The van der Waals surface area contributed by atoms with Gasteiger partial charge in [-0.05, 0) is 12.1 Å². The maximum absolute atomic E-state index is 6.06. The number of aromatic nitrogens is 2. The fourth-order valence-electron chi connectivity index (χ4n) is 2.47. The van der Waals surface area contributed by atoms with Crippen LogP contribution in [0.4, 0.5) is 5.69 Å². The van der Waals surface area contributed by atoms with Crippen molar-refractivity contribution in [2.45, 2.75) is 6.54 Å². The molecule has 7 heteroatoms. The van der Waals surface area contributed by atoms with Gasteiger partial charge in [0.1, 0.15) is 15.8 Å². The first-order valence-electron chi connectivity index (χ1n) is 6.84. The monoisotopic (exact) mass is 324 g/mol. The number of hydrogen-bond donors (Lipinski definition) is 0. The molecule has 1 saturated heterocycles. The maximum Gasteiger partial charge on any atom is 0.138 e. The van der Waals surface area contributed by atoms with Crippen molar-refractivity contribution < 1.29 is 4.74 Å². The SMILES string of the molecule is COc1cccc(N2CCN(Cc3nnsc3Cl)CC2)c1. The molecule has 1 aromatic heterocycles. The summed E-state index contributed by atoms with van der Waals surface area (Å²) >= 11 is 7.31. The number of piperazine rings is 1. The van der Waals surface area contributed by atoms with Crippen LogP contribution in [0.25, 0.3) is 0 Å². The van der Waals surface area contributed by atoms with Crippen molar-refractivity contribution in [1.29, 1.82) is 0 Å². The molecule has 0 saturated carbocycles. The first kappa shape index (κ1) is 14.6. The van der Waals surface area contributed by atoms with E-state index >= 15 is 0 Å². The molecule has 1 fully saturated rings. The van der Waals surface area contributed by atoms with Crippen molar-refractivity contribution in [3.63, 3.8) is 0 Å². The van der Waals surface area contributed by atoms with Gasteiger partial charge in [-0.1, -0.05) is 22.2 Å². The van der Waals surface area contributed by atoms with Crippen LogP contribution in [0.5, 0.6) is 5.75 Å². The fourth-order valence-corrected chi connectivity index (χ4v) is 3.09. The largest absolute Gasteiger partial charge is 0.497 e. The van der Waals surface area contributed by atoms with Gasteiger partial charge in [-0.3, -0.25) is 4.90 Å². The molecule has 1 aliphatic heterocycles. The summed E-state index contributed by atoms with van der Waals surface area (Å²) in [7, 11) is 1.70. The van der Waals surface area contributed by atoms with Crippen LogP contribution in [0, 0.1) is 0 Å². The number of hydrogen-bond acceptors (Lipinski definition) is 6. The Bertz CT molecular complexity index is 598. The third-order valence-electron chi connectivity index (χ3n) is 3.67. The Morgan fingerprint density at radius 3 is 2.76 bits per heavy atom. The predicted octanol–water partition coefficient (Wildman–Crippen LogP) is 2.52. The highest BCUT2D eigenvalue weighted by Crippen LogP contribution is 2.23. The molecular formula is C14H17ClN4OS. The Labute approximate surface area is 133 Å². The number of ether oxygens (including phenoxy) is 1. The average molecular weight is 325 g/mol. The van der Waals surface area contributed by atoms with E-state index in [2.05, 4.69) is 31.5 Å². The predicted molar refractivity (Wildman–Crippen MR) is 85.4 cm³/mol. The van der Waals surface area contributed by atoms with Crippen molar-refractivity contribution in [2.75, 3.05) is 38.2 Å². The molecule has 0 bridgehead atoms. The molecule has 2 aromatic rings. The molecular weight excluding hydrogens is 308 g/mol. The van der Waals surface area contributed by atoms with Gasteiger partial charge in [0, 0.05) is 56.0 Å². The number of methoxy groups -OCH3 is 1. The Morgan fingerprint density at radius 1 is 1.29 bits per heavy atom. The molecule has 0 spiro atoms. The molecule has 0 unspecified atom stereocenters. The first-order chi connectivity index (χ1) is 10.3. The van der Waals surface area contributed by atoms with Crippen LogP contribution < -0.4 is 9.64 Å². The fraction of sp³-hybridized carbons (Fsp3) is 0.429. The quantitative estimate of drug-likeness (QED) is 0.864. The van der Waals surface area contributed by atoms with E-state index in [1.165, 1.54) is 17.2 Å². The van der Waals surface area contributed by atoms with Crippen LogP contribution in [-0.2, 0) is 6.54 Å². The van der Waals surface area contributed by atoms with Crippen molar-refractivity contribution in [3.05, 3.63) is 34.3 Å². The summed E-state index contributed by atoms with van der Waals surface area (Å²) in [4.78, 5) is 4.74. The van der Waals surface area contributed by atoms with Gasteiger partial charge in [0.2, 0.25) is 0 Å². The Kier molecular flexibility index (Phi) is 4.57. The molecule has 5 nitrogen and oxygen atoms in total. The highest BCUT2D eigenvalue weighted by atomic mass is 35.5. The average Bonchev–Trinajstić information content (AvgIpc) is 2.93. The molecule has 112 valence electrons. The summed E-state index contributed by atoms with van der Waals surface area (Å²) in [5, 5.41) is 4.07. The molecule has 0 N–H and O–H groups in total. The normalized spacial score (nSPS) is 16.2. The second-order valence-corrected chi connectivity index (χ2v) is 6.31. The Morgan fingerprint density at radius 2 is 2.10 bits per heavy atom. The molecule has 21 heavy (non-hydrogen) atoms. The topological polar surface area (TPSA) is 41.5 Å². The Hall–Kier alpha value is -1.37. The minimum atomic E-state index is 0.699. The van der Waals surface area contributed by atoms with Crippen molar-refractivity contribution in [3.8, 4) is 5.75 Å². The van der Waals surface area contributed by atoms with E-state index in [0.717, 1.165) is 44.2 Å². The van der Waals surface area contributed by atoms with Gasteiger partial charge < -0.3 is 9.64 Å². The number of benzene rings is 1. The van der Waals surface area contributed by atoms with Crippen LogP contribution >= 0.6 is 23.1 Å². The van der Waals surface area contributed by atoms with Gasteiger partial charge in [0.15, 0.2) is 0 Å². The summed E-state index contributed by atoms with van der Waals surface area (Å²) in [5.74, 6) is 0.898. The number of halogens is 1. The van der Waals surface area contributed by atoms with E-state index in [1.807, 2.05) is 12.1 Å². The van der Waals surface area contributed by atoms with Gasteiger partial charge in [-0.15, -0.1) is 5.10 Å². The second kappa shape index (κ2) is 6.60. The van der Waals surface area contributed by atoms with Gasteiger partial charge in [0.05, 0.1) is 7.11 Å². The van der Waals surface area contributed by atoms with E-state index in [4.69, 9.17) is 16.3 Å². The zero-order valence-electron chi connectivity index (χ0n) is 11.8. The lowest BCUT2D eigenvalue weighted by atomic mass is 10.2. The van der Waals surface area contributed by atoms with E-state index in [9.17, 15) is 0 Å². The standard InChI is InChI=1S/C14H17ClN4OS/c1-20-12-4-2-3-11(9-12)19-7-5-18(6-8-19)10-13-14(15)21-17-16-13/h2-4,9H,5-8,10H2,1H3. The molecule has 0 atom stereocenters. The third kappa shape index (κ3) is 3.45. The van der Waals surface area contributed by atoms with Crippen LogP contribution in [0.15, 0.2) is 24.3 Å². The first-order valence-corrected chi connectivity index (χ1v) is 7.99. The lowest BCUT2D eigenvalue weighted by Gasteiger charge is -2.35. The van der Waals surface area contributed by atoms with Crippen LogP contribution in [0.1, 0.15) is 5.69 Å². The molecule has 0 radical (unpaired) electrons. The van der Waals surface area contributed by atoms with Gasteiger partial charge in [0.25, 0.3) is 0 Å². The highest BCUT2D eigenvalue weighted by molar-refractivity contribution is 7.10. The molecule has 1 aliphatic rings. The molecule has 0 aliphatic carbocycles. The van der Waals surface area contributed by atoms with Crippen LogP contribution in [0.2, 0.25) is 4.34 Å². The van der Waals surface area contributed by atoms with E-state index in [0.29, 0.717) is 4.34 Å². The van der Waals surface area contributed by atoms with Crippen LogP contribution in [0.3, 0.4) is 0 Å². The summed E-state index contributed by atoms with van der Waals surface area (Å²) < 4.78 is 9.86. The zero-order valence-corrected chi connectivity index (χ0v) is 13.4. The van der Waals surface area contributed by atoms with E-state index < -0.39 is 0 Å². The highest BCUT2D eigenvalue weighted by Gasteiger charge is 2.19. The minimum absolute atomic E-state index is 0.699. The number of anilines is 1. The zero-order chi connectivity index (χ0) is 14.7. The maximum atomic E-state index is 6.06. The minimum Gasteiger partial charge on any atom is -0.497 e. The smallest absolute Gasteiger partial charge is 0.138 e. The summed E-state index contributed by atoms with van der Waals surface area (Å²) in [5.41, 5.74) is 2.10. The van der Waals surface area contributed by atoms with Gasteiger partial charge in [-0.25, -0.2) is 0 Å². The molecule has 2 heterocycles. The molecule has 0 amide bonds. The lowest BCUT2D eigenvalue weighted by Crippen LogP contribution is -2.46. The molecule has 1 aromatic carbocycles. The number of rotatable bonds is 4. The van der Waals surface area contributed by atoms with Crippen molar-refractivity contribution >= 4 is 28.8 Å². The lowest BCUT2D eigenvalue weighted by molar-refractivity contribution is 0.247. The van der Waals surface area contributed by atoms with E-state index in [1.54, 1.807) is 7.11 Å². The van der Waals surface area contributed by atoms with Crippen LogP contribution in [-0.4, -0.2) is 47.8 Å². The molecule has 3 rings (SSSR count). The van der Waals surface area contributed by atoms with Gasteiger partial charge in [-0.2, -0.15) is 0 Å². The van der Waals surface area contributed by atoms with Crippen molar-refractivity contribution in [1.82, 2.24) is 14.5 Å².